The second-order valence-electron chi connectivity index (χ2n) is 7.08. The van der Waals surface area contributed by atoms with Crippen molar-refractivity contribution in [2.24, 2.45) is 11.5 Å². The van der Waals surface area contributed by atoms with E-state index in [2.05, 4.69) is 9.97 Å². The predicted molar refractivity (Wildman–Crippen MR) is 111 cm³/mol. The molecule has 2 atom stereocenters. The zero-order chi connectivity index (χ0) is 20.4. The van der Waals surface area contributed by atoms with Crippen LogP contribution in [0.25, 0.3) is 21.8 Å². The molecule has 7 nitrogen and oxygen atoms in total. The molecule has 0 bridgehead atoms. The van der Waals surface area contributed by atoms with E-state index in [1.54, 1.807) is 0 Å². The first-order valence-corrected chi connectivity index (χ1v) is 9.39. The summed E-state index contributed by atoms with van der Waals surface area (Å²) in [6, 6.07) is 13.5. The van der Waals surface area contributed by atoms with Gasteiger partial charge in [0, 0.05) is 47.0 Å². The summed E-state index contributed by atoms with van der Waals surface area (Å²) in [5, 5.41) is 1.97. The monoisotopic (exact) mass is 390 g/mol. The molecule has 0 amide bonds. The van der Waals surface area contributed by atoms with Gasteiger partial charge in [0.2, 0.25) is 0 Å². The molecule has 29 heavy (non-hydrogen) atoms. The third kappa shape index (κ3) is 3.91. The number of nitrogens with two attached hydrogens (primary N) is 2. The molecule has 0 saturated heterocycles. The summed E-state index contributed by atoms with van der Waals surface area (Å²) in [6.45, 7) is 0. The predicted octanol–water partition coefficient (Wildman–Crippen LogP) is 2.16. The lowest BCUT2D eigenvalue weighted by Gasteiger charge is -2.13. The van der Waals surface area contributed by atoms with Crippen molar-refractivity contribution in [1.29, 1.82) is 0 Å². The first-order valence-electron chi connectivity index (χ1n) is 9.39. The number of fused-ring (bicyclic) bond motifs is 2. The highest BCUT2D eigenvalue weighted by Crippen LogP contribution is 2.20. The zero-order valence-electron chi connectivity index (χ0n) is 15.7. The Morgan fingerprint density at radius 2 is 1.17 bits per heavy atom. The van der Waals surface area contributed by atoms with Crippen LogP contribution in [-0.2, 0) is 27.2 Å². The van der Waals surface area contributed by atoms with Crippen LogP contribution in [0.3, 0.4) is 0 Å². The van der Waals surface area contributed by atoms with Crippen molar-refractivity contribution >= 4 is 33.7 Å². The summed E-state index contributed by atoms with van der Waals surface area (Å²) in [5.41, 5.74) is 15.6. The van der Waals surface area contributed by atoms with Crippen molar-refractivity contribution in [2.45, 2.75) is 24.9 Å². The summed E-state index contributed by atoms with van der Waals surface area (Å²) in [7, 11) is 0. The topological polar surface area (TPSA) is 127 Å². The minimum Gasteiger partial charge on any atom is -0.391 e. The molecule has 2 heterocycles. The number of H-pyrrole nitrogens is 2. The second kappa shape index (κ2) is 7.90. The Morgan fingerprint density at radius 3 is 1.62 bits per heavy atom. The van der Waals surface area contributed by atoms with E-state index in [1.807, 2.05) is 60.9 Å². The van der Waals surface area contributed by atoms with E-state index in [4.69, 9.17) is 16.2 Å². The van der Waals surface area contributed by atoms with E-state index < -0.39 is 24.0 Å². The number of hydrogen-bond acceptors (Lipinski definition) is 5. The minimum absolute atomic E-state index is 0.258. The van der Waals surface area contributed by atoms with Gasteiger partial charge in [-0.3, -0.25) is 0 Å². The van der Waals surface area contributed by atoms with Gasteiger partial charge in [0.15, 0.2) is 0 Å². The lowest BCUT2D eigenvalue weighted by molar-refractivity contribution is -0.161. The molecule has 0 fully saturated rings. The zero-order valence-corrected chi connectivity index (χ0v) is 15.7. The fourth-order valence-corrected chi connectivity index (χ4v) is 3.49. The Bertz CT molecular complexity index is 1080. The van der Waals surface area contributed by atoms with Gasteiger partial charge >= 0.3 is 11.9 Å². The minimum atomic E-state index is -0.960. The first kappa shape index (κ1) is 18.9. The Morgan fingerprint density at radius 1 is 0.759 bits per heavy atom. The molecule has 0 spiro atoms. The number of carbonyl (C=O) groups is 2. The highest BCUT2D eigenvalue weighted by atomic mass is 16.6. The van der Waals surface area contributed by atoms with Crippen molar-refractivity contribution in [3.8, 4) is 0 Å². The van der Waals surface area contributed by atoms with E-state index in [0.717, 1.165) is 32.9 Å². The number of rotatable bonds is 6. The highest BCUT2D eigenvalue weighted by Gasteiger charge is 2.25. The average molecular weight is 390 g/mol. The Labute approximate surface area is 167 Å². The van der Waals surface area contributed by atoms with Crippen LogP contribution in [0.2, 0.25) is 0 Å². The maximum absolute atomic E-state index is 12.3. The molecule has 148 valence electrons. The van der Waals surface area contributed by atoms with Crippen LogP contribution < -0.4 is 11.5 Å². The van der Waals surface area contributed by atoms with Gasteiger partial charge in [-0.2, -0.15) is 0 Å². The van der Waals surface area contributed by atoms with Crippen LogP contribution in [0.15, 0.2) is 60.9 Å². The van der Waals surface area contributed by atoms with E-state index in [-0.39, 0.29) is 12.8 Å². The normalized spacial score (nSPS) is 13.4. The molecular weight excluding hydrogens is 368 g/mol. The molecule has 0 unspecified atom stereocenters. The molecule has 0 aliphatic carbocycles. The summed E-state index contributed by atoms with van der Waals surface area (Å²) < 4.78 is 4.95. The molecule has 6 N–H and O–H groups in total. The standard InChI is InChI=1S/C22H22N4O3/c23-17(9-13-11-25-19-7-3-1-5-15(13)19)21(27)29-22(28)18(24)10-14-12-26-20-8-4-2-6-16(14)20/h1-8,11-12,17-18,25-26H,9-10,23-24H2/t17-,18-/m1/s1. The number of benzene rings is 2. The molecule has 4 aromatic rings. The second-order valence-corrected chi connectivity index (χ2v) is 7.08. The van der Waals surface area contributed by atoms with Gasteiger partial charge in [0.1, 0.15) is 12.1 Å². The van der Waals surface area contributed by atoms with Crippen LogP contribution in [0.5, 0.6) is 0 Å². The van der Waals surface area contributed by atoms with Crippen LogP contribution >= 0.6 is 0 Å². The number of nitrogens with one attached hydrogen (secondary N) is 2. The largest absolute Gasteiger partial charge is 0.391 e. The molecule has 0 radical (unpaired) electrons. The van der Waals surface area contributed by atoms with Crippen molar-refractivity contribution < 1.29 is 14.3 Å². The maximum Gasteiger partial charge on any atom is 0.330 e. The fraction of sp³-hybridized carbons (Fsp3) is 0.182. The molecule has 4 rings (SSSR count). The molecule has 0 aliphatic heterocycles. The fourth-order valence-electron chi connectivity index (χ4n) is 3.49. The van der Waals surface area contributed by atoms with Crippen LogP contribution in [0.1, 0.15) is 11.1 Å². The van der Waals surface area contributed by atoms with Gasteiger partial charge < -0.3 is 26.2 Å². The lowest BCUT2D eigenvalue weighted by atomic mass is 10.0. The first-order chi connectivity index (χ1) is 14.0. The Hall–Kier alpha value is -3.42. The Balaban J connectivity index is 1.37. The molecule has 0 saturated carbocycles. The quantitative estimate of drug-likeness (QED) is 0.296. The van der Waals surface area contributed by atoms with Crippen LogP contribution in [0.4, 0.5) is 0 Å². The number of esters is 2. The van der Waals surface area contributed by atoms with E-state index in [9.17, 15) is 9.59 Å². The summed E-state index contributed by atoms with van der Waals surface area (Å²) in [5.74, 6) is -1.57. The lowest BCUT2D eigenvalue weighted by Crippen LogP contribution is -2.41. The number of carbonyl (C=O) groups excluding carboxylic acids is 2. The van der Waals surface area contributed by atoms with Crippen LogP contribution in [0, 0.1) is 0 Å². The summed E-state index contributed by atoms with van der Waals surface area (Å²) in [4.78, 5) is 30.9. The number of aromatic nitrogens is 2. The molecule has 2 aromatic heterocycles. The molecular formula is C22H22N4O3. The van der Waals surface area contributed by atoms with Gasteiger partial charge in [-0.15, -0.1) is 0 Å². The average Bonchev–Trinajstić information content (AvgIpc) is 3.32. The summed E-state index contributed by atoms with van der Waals surface area (Å²) >= 11 is 0. The van der Waals surface area contributed by atoms with Crippen LogP contribution in [-0.4, -0.2) is 34.0 Å². The van der Waals surface area contributed by atoms with Gasteiger partial charge in [-0.1, -0.05) is 36.4 Å². The number of hydrogen-bond donors (Lipinski definition) is 4. The summed E-state index contributed by atoms with van der Waals surface area (Å²) in [6.07, 6.45) is 4.13. The third-order valence-corrected chi connectivity index (χ3v) is 5.04. The van der Waals surface area contributed by atoms with E-state index in [0.29, 0.717) is 0 Å². The van der Waals surface area contributed by atoms with Gasteiger partial charge in [0.25, 0.3) is 0 Å². The third-order valence-electron chi connectivity index (χ3n) is 5.04. The van der Waals surface area contributed by atoms with Gasteiger partial charge in [-0.05, 0) is 23.3 Å². The van der Waals surface area contributed by atoms with Crippen molar-refractivity contribution in [1.82, 2.24) is 9.97 Å². The van der Waals surface area contributed by atoms with E-state index >= 15 is 0 Å². The maximum atomic E-state index is 12.3. The number of para-hydroxylation sites is 2. The van der Waals surface area contributed by atoms with Crippen molar-refractivity contribution in [2.75, 3.05) is 0 Å². The van der Waals surface area contributed by atoms with E-state index in [1.165, 1.54) is 0 Å². The number of aromatic amines is 2. The smallest absolute Gasteiger partial charge is 0.330 e. The number of ether oxygens (including phenoxy) is 1. The molecule has 7 heteroatoms. The SMILES string of the molecule is N[C@H](Cc1c[nH]c2ccccc12)C(=O)OC(=O)[C@H](N)Cc1c[nH]c2ccccc12. The Kier molecular flexibility index (Phi) is 5.16. The molecule has 0 aliphatic rings. The van der Waals surface area contributed by atoms with Crippen molar-refractivity contribution in [3.63, 3.8) is 0 Å². The van der Waals surface area contributed by atoms with Crippen molar-refractivity contribution in [3.05, 3.63) is 72.1 Å². The highest BCUT2D eigenvalue weighted by molar-refractivity contribution is 5.92. The van der Waals surface area contributed by atoms with Gasteiger partial charge in [0.05, 0.1) is 0 Å². The van der Waals surface area contributed by atoms with Gasteiger partial charge in [-0.25, -0.2) is 9.59 Å². The molecule has 2 aromatic carbocycles.